The Morgan fingerprint density at radius 2 is 1.96 bits per heavy atom. The molecule has 1 aliphatic heterocycles. The molecule has 0 aromatic carbocycles. The van der Waals surface area contributed by atoms with Gasteiger partial charge in [0, 0.05) is 18.7 Å². The number of hydrogen-bond donors (Lipinski definition) is 2. The number of aromatic nitrogens is 2. The molecule has 0 unspecified atom stereocenters. The van der Waals surface area contributed by atoms with E-state index >= 15 is 0 Å². The number of nitrogens with one attached hydrogen (secondary N) is 2. The summed E-state index contributed by atoms with van der Waals surface area (Å²) in [4.78, 5) is 24.9. The average Bonchev–Trinajstić information content (AvgIpc) is 2.92. The second-order valence-corrected chi connectivity index (χ2v) is 8.89. The lowest BCUT2D eigenvalue weighted by Crippen LogP contribution is -2.50. The molecule has 1 fully saturated rings. The molecule has 2 N–H and O–H groups in total. The minimum atomic E-state index is -3.40. The van der Waals surface area contributed by atoms with Crippen molar-refractivity contribution in [2.75, 3.05) is 12.3 Å². The summed E-state index contributed by atoms with van der Waals surface area (Å²) < 4.78 is 25.7. The fourth-order valence-corrected chi connectivity index (χ4v) is 5.30. The van der Waals surface area contributed by atoms with Gasteiger partial charge in [0.2, 0.25) is 15.9 Å². The largest absolute Gasteiger partial charge is 0.350 e. The fourth-order valence-electron chi connectivity index (χ4n) is 3.48. The van der Waals surface area contributed by atoms with Crippen LogP contribution in [0.1, 0.15) is 50.9 Å². The van der Waals surface area contributed by atoms with E-state index in [2.05, 4.69) is 15.5 Å². The SMILES string of the molecule is CCc1n[nH]c(=O)c(CNC(=O)[C@H](C(C)C)N2CCCS2(=O)=O)c1CC. The molecular weight excluding hydrogens is 356 g/mol. The third-order valence-electron chi connectivity index (χ3n) is 4.76. The van der Waals surface area contributed by atoms with Crippen molar-refractivity contribution < 1.29 is 13.2 Å². The van der Waals surface area contributed by atoms with E-state index in [1.54, 1.807) is 0 Å². The molecule has 0 spiro atoms. The summed E-state index contributed by atoms with van der Waals surface area (Å²) in [6.45, 7) is 7.95. The van der Waals surface area contributed by atoms with Gasteiger partial charge in [-0.2, -0.15) is 9.40 Å². The zero-order chi connectivity index (χ0) is 19.5. The van der Waals surface area contributed by atoms with Crippen LogP contribution in [0.4, 0.5) is 0 Å². The number of amides is 1. The van der Waals surface area contributed by atoms with Crippen LogP contribution in [0.2, 0.25) is 0 Å². The first-order valence-corrected chi connectivity index (χ1v) is 10.7. The molecule has 8 nitrogen and oxygen atoms in total. The van der Waals surface area contributed by atoms with Gasteiger partial charge in [0.1, 0.15) is 6.04 Å². The number of nitrogens with zero attached hydrogens (tertiary/aromatic N) is 2. The van der Waals surface area contributed by atoms with E-state index in [9.17, 15) is 18.0 Å². The maximum atomic E-state index is 12.8. The van der Waals surface area contributed by atoms with Crippen molar-refractivity contribution in [3.8, 4) is 0 Å². The van der Waals surface area contributed by atoms with E-state index in [-0.39, 0.29) is 29.7 Å². The first kappa shape index (κ1) is 20.6. The van der Waals surface area contributed by atoms with Crippen LogP contribution in [0, 0.1) is 5.92 Å². The number of H-pyrrole nitrogens is 1. The highest BCUT2D eigenvalue weighted by Crippen LogP contribution is 2.22. The van der Waals surface area contributed by atoms with Crippen LogP contribution in [-0.2, 0) is 34.2 Å². The third-order valence-corrected chi connectivity index (χ3v) is 6.68. The van der Waals surface area contributed by atoms with Gasteiger partial charge in [0.25, 0.3) is 5.56 Å². The third kappa shape index (κ3) is 4.15. The number of rotatable bonds is 7. The molecule has 0 bridgehead atoms. The van der Waals surface area contributed by atoms with Gasteiger partial charge < -0.3 is 5.32 Å². The molecule has 9 heteroatoms. The average molecular weight is 385 g/mol. The van der Waals surface area contributed by atoms with E-state index in [0.717, 1.165) is 11.3 Å². The molecule has 0 saturated carbocycles. The van der Waals surface area contributed by atoms with Gasteiger partial charge in [-0.3, -0.25) is 9.59 Å². The molecule has 1 saturated heterocycles. The second-order valence-electron chi connectivity index (χ2n) is 6.85. The summed E-state index contributed by atoms with van der Waals surface area (Å²) in [5.74, 6) is -0.467. The molecule has 1 amide bonds. The highest BCUT2D eigenvalue weighted by Gasteiger charge is 2.39. The summed E-state index contributed by atoms with van der Waals surface area (Å²) in [6, 6.07) is -0.765. The Kier molecular flexibility index (Phi) is 6.57. The van der Waals surface area contributed by atoms with Crippen LogP contribution in [-0.4, -0.2) is 47.2 Å². The van der Waals surface area contributed by atoms with Crippen LogP contribution >= 0.6 is 0 Å². The first-order valence-electron chi connectivity index (χ1n) is 9.09. The Hall–Kier alpha value is -1.74. The minimum absolute atomic E-state index is 0.0595. The van der Waals surface area contributed by atoms with Gasteiger partial charge in [-0.1, -0.05) is 27.7 Å². The zero-order valence-corrected chi connectivity index (χ0v) is 16.6. The quantitative estimate of drug-likeness (QED) is 0.714. The van der Waals surface area contributed by atoms with Crippen LogP contribution in [0.15, 0.2) is 4.79 Å². The molecule has 146 valence electrons. The Balaban J connectivity index is 2.23. The lowest BCUT2D eigenvalue weighted by Gasteiger charge is -2.28. The highest BCUT2D eigenvalue weighted by molar-refractivity contribution is 7.89. The van der Waals surface area contributed by atoms with E-state index in [1.807, 2.05) is 27.7 Å². The lowest BCUT2D eigenvalue weighted by atomic mass is 10.0. The standard InChI is InChI=1S/C17H28N4O4S/c1-5-12-13(16(22)20-19-14(12)6-2)10-18-17(23)15(11(3)4)21-8-7-9-26(21,24)25/h11,15H,5-10H2,1-4H3,(H,18,23)(H,20,22)/t15-/m0/s1. The number of carbonyl (C=O) groups is 1. The molecule has 26 heavy (non-hydrogen) atoms. The van der Waals surface area contributed by atoms with E-state index in [4.69, 9.17) is 0 Å². The van der Waals surface area contributed by atoms with Crippen molar-refractivity contribution in [3.05, 3.63) is 27.2 Å². The molecule has 2 heterocycles. The number of aryl methyl sites for hydroxylation is 1. The van der Waals surface area contributed by atoms with Crippen molar-refractivity contribution in [2.45, 2.75) is 59.5 Å². The van der Waals surface area contributed by atoms with Gasteiger partial charge in [-0.15, -0.1) is 0 Å². The van der Waals surface area contributed by atoms with E-state index in [0.29, 0.717) is 31.4 Å². The Morgan fingerprint density at radius 3 is 2.46 bits per heavy atom. The second kappa shape index (κ2) is 8.30. The number of sulfonamides is 1. The summed E-state index contributed by atoms with van der Waals surface area (Å²) in [5, 5.41) is 9.31. The van der Waals surface area contributed by atoms with Crippen molar-refractivity contribution >= 4 is 15.9 Å². The summed E-state index contributed by atoms with van der Waals surface area (Å²) in [5.41, 5.74) is 1.80. The van der Waals surface area contributed by atoms with E-state index in [1.165, 1.54) is 4.31 Å². The maximum absolute atomic E-state index is 12.8. The predicted molar refractivity (Wildman–Crippen MR) is 99.2 cm³/mol. The summed E-state index contributed by atoms with van der Waals surface area (Å²) in [7, 11) is -3.40. The molecule has 1 aromatic rings. The topological polar surface area (TPSA) is 112 Å². The lowest BCUT2D eigenvalue weighted by molar-refractivity contribution is -0.126. The van der Waals surface area contributed by atoms with Crippen molar-refractivity contribution in [1.29, 1.82) is 0 Å². The van der Waals surface area contributed by atoms with Gasteiger partial charge in [0.05, 0.1) is 11.4 Å². The normalized spacial score (nSPS) is 18.2. The Bertz CT molecular complexity index is 817. The smallest absolute Gasteiger partial charge is 0.269 e. The van der Waals surface area contributed by atoms with E-state index < -0.39 is 16.1 Å². The van der Waals surface area contributed by atoms with Crippen molar-refractivity contribution in [2.24, 2.45) is 5.92 Å². The Morgan fingerprint density at radius 1 is 1.27 bits per heavy atom. The van der Waals surface area contributed by atoms with Crippen LogP contribution in [0.5, 0.6) is 0 Å². The molecule has 2 rings (SSSR count). The first-order chi connectivity index (χ1) is 12.2. The monoisotopic (exact) mass is 384 g/mol. The summed E-state index contributed by atoms with van der Waals surface area (Å²) >= 11 is 0. The summed E-state index contributed by atoms with van der Waals surface area (Å²) in [6.07, 6.45) is 1.85. The minimum Gasteiger partial charge on any atom is -0.350 e. The zero-order valence-electron chi connectivity index (χ0n) is 15.8. The maximum Gasteiger partial charge on any atom is 0.269 e. The Labute approximate surface area is 154 Å². The highest BCUT2D eigenvalue weighted by atomic mass is 32.2. The number of aromatic amines is 1. The molecule has 1 aliphatic rings. The van der Waals surface area contributed by atoms with Crippen molar-refractivity contribution in [1.82, 2.24) is 19.8 Å². The molecule has 1 aromatic heterocycles. The van der Waals surface area contributed by atoms with Gasteiger partial charge in [-0.05, 0) is 30.7 Å². The number of hydrogen-bond acceptors (Lipinski definition) is 5. The van der Waals surface area contributed by atoms with Crippen LogP contribution in [0.25, 0.3) is 0 Å². The molecule has 0 aliphatic carbocycles. The van der Waals surface area contributed by atoms with Gasteiger partial charge >= 0.3 is 0 Å². The molecular formula is C17H28N4O4S. The molecule has 0 radical (unpaired) electrons. The van der Waals surface area contributed by atoms with Crippen LogP contribution < -0.4 is 10.9 Å². The van der Waals surface area contributed by atoms with Gasteiger partial charge in [-0.25, -0.2) is 13.5 Å². The van der Waals surface area contributed by atoms with Gasteiger partial charge in [0.15, 0.2) is 0 Å². The number of carbonyl (C=O) groups excluding carboxylic acids is 1. The molecule has 1 atom stereocenters. The van der Waals surface area contributed by atoms with Crippen LogP contribution in [0.3, 0.4) is 0 Å². The fraction of sp³-hybridized carbons (Fsp3) is 0.706. The predicted octanol–water partition coefficient (Wildman–Crippen LogP) is 0.571. The van der Waals surface area contributed by atoms with Crippen molar-refractivity contribution in [3.63, 3.8) is 0 Å².